The molecule has 5 heteroatoms. The van der Waals surface area contributed by atoms with Crippen molar-refractivity contribution in [1.29, 1.82) is 0 Å². The molecule has 0 aromatic heterocycles. The fraction of sp³-hybridized carbons (Fsp3) is 0.105. The van der Waals surface area contributed by atoms with Crippen molar-refractivity contribution in [2.75, 3.05) is 12.3 Å². The van der Waals surface area contributed by atoms with Crippen LogP contribution in [0, 0.1) is 0 Å². The van der Waals surface area contributed by atoms with E-state index < -0.39 is 14.5 Å². The van der Waals surface area contributed by atoms with Gasteiger partial charge in [0.2, 0.25) is 0 Å². The van der Waals surface area contributed by atoms with Crippen molar-refractivity contribution in [2.45, 2.75) is 24.9 Å². The van der Waals surface area contributed by atoms with Gasteiger partial charge in [-0.2, -0.15) is 0 Å². The Morgan fingerprint density at radius 2 is 0.774 bits per heavy atom. The van der Waals surface area contributed by atoms with Gasteiger partial charge in [-0.3, -0.25) is 4.79 Å². The number of carbonyl (C=O) groups excluding carboxylic acids is 1. The standard InChI is InChI=1S/C57H52OP2.2BrH/c58-51(43-49(41-47-25-9-1-10-26-47)45-59(52-29-13-3-14-30-52,53-31-15-4-16-32-53)54-33-17-5-18-34-54)44-50(42-48-27-11-2-12-28-48)46-60(55-35-19-6-20-36-55,56-37-21-7-22-38-56)57-39-23-8-24-40-57;;/h1-39,41-42,57H,40,43-46H2;2*1H/q+2;;/p-2/b49-41+,50-42-;;. The van der Waals surface area contributed by atoms with Crippen LogP contribution in [-0.4, -0.2) is 23.8 Å². The highest BCUT2D eigenvalue weighted by molar-refractivity contribution is 7.95. The molecule has 8 rings (SSSR count). The van der Waals surface area contributed by atoms with E-state index in [1.165, 1.54) is 32.1 Å². The molecule has 0 bridgehead atoms. The van der Waals surface area contributed by atoms with Gasteiger partial charge < -0.3 is 34.0 Å². The molecule has 0 N–H and O–H groups in total. The molecule has 0 spiro atoms. The minimum atomic E-state index is -2.27. The Hall–Kier alpha value is -5.01. The molecule has 62 heavy (non-hydrogen) atoms. The third kappa shape index (κ3) is 10.9. The van der Waals surface area contributed by atoms with Crippen LogP contribution < -0.4 is 60.5 Å². The molecule has 1 unspecified atom stereocenters. The monoisotopic (exact) mass is 972 g/mol. The SMILES string of the molecule is O=C(C/C(=C/c1ccccc1)C[P+](c1ccccc1)(c1ccccc1)C1C=CC=CC1)C/C(=C\c1ccccc1)C[P+](c1ccccc1)(c1ccccc1)c1ccccc1.[Br-].[Br-]. The molecule has 0 fully saturated rings. The van der Waals surface area contributed by atoms with E-state index in [1.807, 2.05) is 0 Å². The predicted molar refractivity (Wildman–Crippen MR) is 264 cm³/mol. The lowest BCUT2D eigenvalue weighted by Gasteiger charge is -2.34. The molecule has 7 aromatic carbocycles. The highest BCUT2D eigenvalue weighted by Gasteiger charge is 2.50. The first kappa shape index (κ1) is 46.5. The average molecular weight is 975 g/mol. The van der Waals surface area contributed by atoms with E-state index in [-0.39, 0.29) is 39.7 Å². The van der Waals surface area contributed by atoms with Gasteiger partial charge in [0.25, 0.3) is 0 Å². The highest BCUT2D eigenvalue weighted by Crippen LogP contribution is 2.64. The number of halogens is 2. The van der Waals surface area contributed by atoms with Crippen molar-refractivity contribution in [3.63, 3.8) is 0 Å². The molecule has 0 heterocycles. The Morgan fingerprint density at radius 3 is 1.13 bits per heavy atom. The molecule has 1 aliphatic carbocycles. The van der Waals surface area contributed by atoms with Gasteiger partial charge in [0.1, 0.15) is 45.2 Å². The normalized spacial score (nSPS) is 14.0. The second kappa shape index (κ2) is 22.9. The number of hydrogen-bond donors (Lipinski definition) is 0. The lowest BCUT2D eigenvalue weighted by atomic mass is 10.0. The van der Waals surface area contributed by atoms with Gasteiger partial charge in [-0.15, -0.1) is 0 Å². The lowest BCUT2D eigenvalue weighted by molar-refractivity contribution is -0.117. The van der Waals surface area contributed by atoms with Gasteiger partial charge in [0, 0.05) is 19.3 Å². The van der Waals surface area contributed by atoms with Crippen LogP contribution in [0.4, 0.5) is 0 Å². The van der Waals surface area contributed by atoms with Crippen molar-refractivity contribution < 1.29 is 38.8 Å². The summed E-state index contributed by atoms with van der Waals surface area (Å²) in [4.78, 5) is 15.2. The maximum absolute atomic E-state index is 15.2. The summed E-state index contributed by atoms with van der Waals surface area (Å²) in [6.45, 7) is 0. The molecule has 7 aromatic rings. The highest BCUT2D eigenvalue weighted by atomic mass is 79.9. The first-order valence-corrected chi connectivity index (χ1v) is 25.0. The summed E-state index contributed by atoms with van der Waals surface area (Å²) in [5.74, 6) is 0.241. The van der Waals surface area contributed by atoms with E-state index >= 15 is 4.79 Å². The molecule has 0 saturated heterocycles. The largest absolute Gasteiger partial charge is 1.00 e. The topological polar surface area (TPSA) is 17.1 Å². The van der Waals surface area contributed by atoms with Crippen LogP contribution in [0.15, 0.2) is 248 Å². The number of rotatable bonds is 16. The van der Waals surface area contributed by atoms with Gasteiger partial charge >= 0.3 is 0 Å². The van der Waals surface area contributed by atoms with Gasteiger partial charge in [0.05, 0.1) is 19.6 Å². The second-order valence-corrected chi connectivity index (χ2v) is 22.8. The van der Waals surface area contributed by atoms with Crippen LogP contribution in [0.25, 0.3) is 12.2 Å². The van der Waals surface area contributed by atoms with Crippen molar-refractivity contribution in [3.05, 3.63) is 259 Å². The number of allylic oxidation sites excluding steroid dienone is 6. The van der Waals surface area contributed by atoms with Crippen LogP contribution in [0.5, 0.6) is 0 Å². The van der Waals surface area contributed by atoms with Crippen LogP contribution in [0.1, 0.15) is 30.4 Å². The number of carbonyl (C=O) groups is 1. The summed E-state index contributed by atoms with van der Waals surface area (Å²) in [5.41, 5.74) is 4.89. The first-order chi connectivity index (χ1) is 29.6. The number of Topliss-reactive ketones (excluding diaryl/α,β-unsaturated/α-hetero) is 1. The molecular formula is C57H52Br2OP2. The molecule has 0 radical (unpaired) electrons. The van der Waals surface area contributed by atoms with E-state index in [2.05, 4.69) is 249 Å². The third-order valence-corrected chi connectivity index (χ3v) is 20.9. The zero-order valence-electron chi connectivity index (χ0n) is 34.8. The Labute approximate surface area is 391 Å². The quantitative estimate of drug-likeness (QED) is 0.108. The van der Waals surface area contributed by atoms with Crippen LogP contribution in [0.2, 0.25) is 0 Å². The summed E-state index contributed by atoms with van der Waals surface area (Å²) in [7, 11) is -4.40. The van der Waals surface area contributed by atoms with Crippen LogP contribution in [-0.2, 0) is 4.79 Å². The third-order valence-electron chi connectivity index (χ3n) is 11.6. The maximum Gasteiger partial charge on any atom is 0.141 e. The van der Waals surface area contributed by atoms with Crippen LogP contribution in [0.3, 0.4) is 0 Å². The van der Waals surface area contributed by atoms with Crippen molar-refractivity contribution in [1.82, 2.24) is 0 Å². The Balaban J connectivity index is 0.00000321. The van der Waals surface area contributed by atoms with E-state index in [0.29, 0.717) is 18.5 Å². The molecule has 0 saturated carbocycles. The summed E-state index contributed by atoms with van der Waals surface area (Å²) >= 11 is 0. The zero-order valence-corrected chi connectivity index (χ0v) is 39.8. The molecule has 1 atom stereocenters. The number of hydrogen-bond acceptors (Lipinski definition) is 1. The van der Waals surface area contributed by atoms with Crippen molar-refractivity contribution in [3.8, 4) is 0 Å². The smallest absolute Gasteiger partial charge is 0.141 e. The van der Waals surface area contributed by atoms with Crippen molar-refractivity contribution >= 4 is 59.0 Å². The maximum atomic E-state index is 15.2. The second-order valence-electron chi connectivity index (χ2n) is 15.6. The molecule has 1 aliphatic rings. The van der Waals surface area contributed by atoms with E-state index in [9.17, 15) is 0 Å². The van der Waals surface area contributed by atoms with Gasteiger partial charge in [-0.25, -0.2) is 0 Å². The van der Waals surface area contributed by atoms with E-state index in [4.69, 9.17) is 0 Å². The van der Waals surface area contributed by atoms with E-state index in [0.717, 1.165) is 35.4 Å². The number of benzene rings is 7. The fourth-order valence-corrected chi connectivity index (χ4v) is 18.0. The van der Waals surface area contributed by atoms with Crippen molar-refractivity contribution in [2.24, 2.45) is 0 Å². The summed E-state index contributed by atoms with van der Waals surface area (Å²) in [6.07, 6.45) is 17.0. The zero-order chi connectivity index (χ0) is 40.9. The molecule has 0 amide bonds. The lowest BCUT2D eigenvalue weighted by Crippen LogP contribution is -3.00. The van der Waals surface area contributed by atoms with Gasteiger partial charge in [-0.05, 0) is 89.0 Å². The first-order valence-electron chi connectivity index (χ1n) is 21.0. The Kier molecular flexibility index (Phi) is 17.2. The Bertz CT molecular complexity index is 2420. The number of ketones is 1. The summed E-state index contributed by atoms with van der Waals surface area (Å²) < 4.78 is 0. The minimum absolute atomic E-state index is 0. The molecule has 0 aliphatic heterocycles. The van der Waals surface area contributed by atoms with Crippen LogP contribution >= 0.6 is 14.5 Å². The average Bonchev–Trinajstić information content (AvgIpc) is 3.32. The minimum Gasteiger partial charge on any atom is -1.00 e. The molecule has 1 nitrogen and oxygen atoms in total. The van der Waals surface area contributed by atoms with E-state index in [1.54, 1.807) is 0 Å². The van der Waals surface area contributed by atoms with Gasteiger partial charge in [0.15, 0.2) is 0 Å². The summed E-state index contributed by atoms with van der Waals surface area (Å²) in [5, 5.41) is 6.69. The predicted octanol–water partition coefficient (Wildman–Crippen LogP) is 6.06. The van der Waals surface area contributed by atoms with Gasteiger partial charge in [-0.1, -0.05) is 182 Å². The molecular weight excluding hydrogens is 922 g/mol. The molecule has 310 valence electrons. The summed E-state index contributed by atoms with van der Waals surface area (Å²) in [6, 6.07) is 76.5. The fourth-order valence-electron chi connectivity index (χ4n) is 8.95. The Morgan fingerprint density at radius 1 is 0.435 bits per heavy atom.